The van der Waals surface area contributed by atoms with Gasteiger partial charge in [-0.05, 0) is 45.0 Å². The van der Waals surface area contributed by atoms with E-state index < -0.39 is 17.7 Å². The number of hydrogen-bond acceptors (Lipinski definition) is 8. The zero-order valence-electron chi connectivity index (χ0n) is 20.4. The van der Waals surface area contributed by atoms with Gasteiger partial charge in [0.25, 0.3) is 6.02 Å². The molecule has 36 heavy (non-hydrogen) atoms. The molecule has 0 bridgehead atoms. The van der Waals surface area contributed by atoms with Crippen molar-refractivity contribution in [2.75, 3.05) is 48.4 Å². The highest BCUT2D eigenvalue weighted by molar-refractivity contribution is 5.94. The molecule has 0 saturated carbocycles. The summed E-state index contributed by atoms with van der Waals surface area (Å²) in [5.74, 6) is -0.928. The normalized spacial score (nSPS) is 18.0. The lowest BCUT2D eigenvalue weighted by Gasteiger charge is -2.27. The molecule has 1 aromatic heterocycles. The average molecular weight is 499 g/mol. The number of hydrogen-bond donors (Lipinski definition) is 2. The van der Waals surface area contributed by atoms with Gasteiger partial charge in [0.05, 0.1) is 30.2 Å². The van der Waals surface area contributed by atoms with Crippen LogP contribution in [0.4, 0.5) is 26.0 Å². The lowest BCUT2D eigenvalue weighted by atomic mass is 10.0. The Morgan fingerprint density at radius 3 is 2.42 bits per heavy atom. The molecule has 3 aromatic rings. The number of ether oxygens (including phenoxy) is 2. The van der Waals surface area contributed by atoms with E-state index in [1.165, 1.54) is 18.2 Å². The maximum atomic E-state index is 13.8. The van der Waals surface area contributed by atoms with Crippen LogP contribution in [0.3, 0.4) is 0 Å². The van der Waals surface area contributed by atoms with E-state index in [1.54, 1.807) is 6.07 Å². The number of rotatable bonds is 5. The van der Waals surface area contributed by atoms with E-state index in [0.29, 0.717) is 67.0 Å². The number of aliphatic imine (C=N–C) groups is 1. The smallest absolute Gasteiger partial charge is 0.289 e. The molecule has 1 unspecified atom stereocenters. The molecule has 2 aromatic carbocycles. The lowest BCUT2D eigenvalue weighted by Crippen LogP contribution is -2.36. The second-order valence-electron chi connectivity index (χ2n) is 9.66. The molecule has 2 aliphatic rings. The predicted octanol–water partition coefficient (Wildman–Crippen LogP) is 4.66. The van der Waals surface area contributed by atoms with Gasteiger partial charge in [-0.15, -0.1) is 0 Å². The van der Waals surface area contributed by atoms with Crippen molar-refractivity contribution in [1.29, 1.82) is 0 Å². The van der Waals surface area contributed by atoms with Crippen molar-refractivity contribution < 1.29 is 22.7 Å². The van der Waals surface area contributed by atoms with Gasteiger partial charge in [-0.25, -0.2) is 13.8 Å². The second kappa shape index (κ2) is 9.42. The number of nitrogens with one attached hydrogen (secondary N) is 2. The summed E-state index contributed by atoms with van der Waals surface area (Å²) in [6, 6.07) is 8.11. The van der Waals surface area contributed by atoms with Crippen molar-refractivity contribution in [3.8, 4) is 0 Å². The highest BCUT2D eigenvalue weighted by atomic mass is 19.1. The van der Waals surface area contributed by atoms with Gasteiger partial charge in [0.2, 0.25) is 0 Å². The number of nitrogens with zero attached hydrogens (tertiary/aromatic N) is 2. The molecule has 0 amide bonds. The first-order valence-corrected chi connectivity index (χ1v) is 11.8. The fourth-order valence-electron chi connectivity index (χ4n) is 4.34. The Balaban J connectivity index is 1.58. The summed E-state index contributed by atoms with van der Waals surface area (Å²) in [5, 5.41) is 6.63. The van der Waals surface area contributed by atoms with Crippen molar-refractivity contribution in [3.05, 3.63) is 63.8 Å². The van der Waals surface area contributed by atoms with E-state index in [1.807, 2.05) is 31.7 Å². The van der Waals surface area contributed by atoms with Gasteiger partial charge in [0.15, 0.2) is 11.3 Å². The van der Waals surface area contributed by atoms with Crippen LogP contribution in [0.1, 0.15) is 32.4 Å². The molecule has 0 radical (unpaired) electrons. The van der Waals surface area contributed by atoms with Crippen LogP contribution in [-0.2, 0) is 9.47 Å². The van der Waals surface area contributed by atoms with Gasteiger partial charge in [0.1, 0.15) is 23.8 Å². The van der Waals surface area contributed by atoms with Gasteiger partial charge >= 0.3 is 0 Å². The van der Waals surface area contributed by atoms with E-state index >= 15 is 0 Å². The highest BCUT2D eigenvalue weighted by Gasteiger charge is 2.27. The Morgan fingerprint density at radius 2 is 1.75 bits per heavy atom. The molecule has 10 heteroatoms. The third-order valence-corrected chi connectivity index (χ3v) is 6.10. The molecule has 1 fully saturated rings. The third-order valence-electron chi connectivity index (χ3n) is 6.10. The quantitative estimate of drug-likeness (QED) is 0.529. The first kappa shape index (κ1) is 24.1. The average Bonchev–Trinajstić information content (AvgIpc) is 3.16. The summed E-state index contributed by atoms with van der Waals surface area (Å²) in [6.07, 6.45) is 0. The van der Waals surface area contributed by atoms with Gasteiger partial charge in [-0.2, -0.15) is 0 Å². The van der Waals surface area contributed by atoms with Crippen LogP contribution in [0.5, 0.6) is 0 Å². The van der Waals surface area contributed by atoms with E-state index in [4.69, 9.17) is 13.9 Å². The van der Waals surface area contributed by atoms with E-state index in [-0.39, 0.29) is 16.7 Å². The molecule has 2 aliphatic heterocycles. The monoisotopic (exact) mass is 498 g/mol. The molecule has 1 saturated heterocycles. The fourth-order valence-corrected chi connectivity index (χ4v) is 4.34. The number of halogens is 2. The summed E-state index contributed by atoms with van der Waals surface area (Å²) in [6.45, 7) is 8.47. The Morgan fingerprint density at radius 1 is 1.03 bits per heavy atom. The maximum Gasteiger partial charge on any atom is 0.289 e. The van der Waals surface area contributed by atoms with Crippen molar-refractivity contribution >= 4 is 34.2 Å². The minimum absolute atomic E-state index is 0.207. The van der Waals surface area contributed by atoms with Gasteiger partial charge < -0.3 is 29.4 Å². The van der Waals surface area contributed by atoms with Crippen LogP contribution in [0.25, 0.3) is 11.0 Å². The standard InChI is InChI=1S/C26H28F2N4O4/c1-15(29-18-9-16(27)8-17(28)10-18)20-11-19(30-25-31-26(2,3)14-35-25)12-21-22(33)13-23(36-24(20)21)32-4-6-34-7-5-32/h8-13,15,29H,4-7,14H2,1-3H3,(H,30,31). The van der Waals surface area contributed by atoms with Crippen molar-refractivity contribution in [2.45, 2.75) is 32.4 Å². The molecular formula is C26H28F2N4O4. The van der Waals surface area contributed by atoms with Gasteiger partial charge in [0, 0.05) is 42.2 Å². The van der Waals surface area contributed by atoms with Crippen molar-refractivity contribution in [3.63, 3.8) is 0 Å². The minimum Gasteiger partial charge on any atom is -0.462 e. The van der Waals surface area contributed by atoms with Crippen LogP contribution < -0.4 is 21.0 Å². The van der Waals surface area contributed by atoms with Crippen LogP contribution in [-0.4, -0.2) is 44.5 Å². The van der Waals surface area contributed by atoms with Gasteiger partial charge in [-0.1, -0.05) is 0 Å². The number of anilines is 3. The van der Waals surface area contributed by atoms with E-state index in [0.717, 1.165) is 6.07 Å². The number of amidine groups is 1. The van der Waals surface area contributed by atoms with Crippen molar-refractivity contribution in [1.82, 2.24) is 0 Å². The zero-order valence-corrected chi connectivity index (χ0v) is 20.4. The van der Waals surface area contributed by atoms with Crippen LogP contribution in [0.2, 0.25) is 0 Å². The van der Waals surface area contributed by atoms with Crippen LogP contribution >= 0.6 is 0 Å². The molecule has 1 atom stereocenters. The minimum atomic E-state index is -0.690. The molecule has 190 valence electrons. The number of benzene rings is 2. The Labute approximate surface area is 206 Å². The molecule has 0 spiro atoms. The second-order valence-corrected chi connectivity index (χ2v) is 9.66. The van der Waals surface area contributed by atoms with E-state index in [2.05, 4.69) is 15.6 Å². The summed E-state index contributed by atoms with van der Waals surface area (Å²) < 4.78 is 45.0. The maximum absolute atomic E-state index is 13.8. The first-order valence-electron chi connectivity index (χ1n) is 11.8. The molecule has 0 aliphatic carbocycles. The summed E-state index contributed by atoms with van der Waals surface area (Å²) in [7, 11) is 0. The molecular weight excluding hydrogens is 470 g/mol. The predicted molar refractivity (Wildman–Crippen MR) is 135 cm³/mol. The topological polar surface area (TPSA) is 88.3 Å². The summed E-state index contributed by atoms with van der Waals surface area (Å²) >= 11 is 0. The third kappa shape index (κ3) is 5.13. The van der Waals surface area contributed by atoms with Crippen molar-refractivity contribution in [2.24, 2.45) is 4.99 Å². The SMILES string of the molecule is CC(Nc1cc(F)cc(F)c1)c1cc(NC2=NC(C)(C)CO2)cc2c(=O)cc(N3CCOCC3)oc12. The Kier molecular flexibility index (Phi) is 6.29. The molecule has 2 N–H and O–H groups in total. The summed E-state index contributed by atoms with van der Waals surface area (Å²) in [5.41, 5.74) is 1.31. The molecule has 8 nitrogen and oxygen atoms in total. The highest BCUT2D eigenvalue weighted by Crippen LogP contribution is 2.32. The Hall–Kier alpha value is -3.66. The lowest BCUT2D eigenvalue weighted by molar-refractivity contribution is 0.121. The first-order chi connectivity index (χ1) is 17.2. The molecule has 3 heterocycles. The van der Waals surface area contributed by atoms with Crippen LogP contribution in [0, 0.1) is 11.6 Å². The number of morpholine rings is 1. The fraction of sp³-hybridized carbons (Fsp3) is 0.385. The Bertz CT molecular complexity index is 1360. The summed E-state index contributed by atoms with van der Waals surface area (Å²) in [4.78, 5) is 19.7. The largest absolute Gasteiger partial charge is 0.462 e. The number of fused-ring (bicyclic) bond motifs is 1. The molecule has 5 rings (SSSR count). The van der Waals surface area contributed by atoms with Crippen LogP contribution in [0.15, 0.2) is 50.6 Å². The van der Waals surface area contributed by atoms with Gasteiger partial charge in [-0.3, -0.25) is 4.79 Å². The zero-order chi connectivity index (χ0) is 25.4. The van der Waals surface area contributed by atoms with E-state index in [9.17, 15) is 13.6 Å².